The van der Waals surface area contributed by atoms with Gasteiger partial charge in [-0.25, -0.2) is 4.98 Å². The minimum absolute atomic E-state index is 0.198. The molecular formula is C11H17NO. The third kappa shape index (κ3) is 3.45. The molecule has 1 aromatic heterocycles. The molecule has 0 bridgehead atoms. The molecule has 0 saturated heterocycles. The fraction of sp³-hybridized carbons (Fsp3) is 0.545. The predicted molar refractivity (Wildman–Crippen MR) is 54.0 cm³/mol. The molecule has 0 spiro atoms. The Kier molecular flexibility index (Phi) is 3.74. The molecule has 1 rings (SSSR count). The molecule has 0 atom stereocenters. The molecule has 13 heavy (non-hydrogen) atoms. The van der Waals surface area contributed by atoms with Crippen molar-refractivity contribution in [2.45, 2.75) is 39.7 Å². The summed E-state index contributed by atoms with van der Waals surface area (Å²) in [5.74, 6) is 0.737. The van der Waals surface area contributed by atoms with Gasteiger partial charge in [-0.05, 0) is 26.3 Å². The number of aromatic nitrogens is 1. The van der Waals surface area contributed by atoms with E-state index in [9.17, 15) is 0 Å². The zero-order chi connectivity index (χ0) is 9.68. The number of aryl methyl sites for hydroxylation is 1. The number of hydrogen-bond acceptors (Lipinski definition) is 2. The van der Waals surface area contributed by atoms with E-state index in [2.05, 4.69) is 11.9 Å². The Bertz CT molecular complexity index is 258. The number of rotatable bonds is 4. The molecule has 0 amide bonds. The lowest BCUT2D eigenvalue weighted by Gasteiger charge is -2.09. The Labute approximate surface area is 80.0 Å². The highest BCUT2D eigenvalue weighted by Crippen LogP contribution is 2.10. The van der Waals surface area contributed by atoms with Crippen LogP contribution in [0.25, 0.3) is 0 Å². The van der Waals surface area contributed by atoms with E-state index in [0.29, 0.717) is 0 Å². The number of nitrogens with zero attached hydrogens (tertiary/aromatic N) is 1. The fourth-order valence-electron chi connectivity index (χ4n) is 1.16. The van der Waals surface area contributed by atoms with Crippen LogP contribution in [0, 0.1) is 0 Å². The third-order valence-corrected chi connectivity index (χ3v) is 1.64. The molecule has 0 aliphatic carbocycles. The van der Waals surface area contributed by atoms with E-state index >= 15 is 0 Å². The molecule has 0 saturated carbocycles. The second kappa shape index (κ2) is 4.85. The van der Waals surface area contributed by atoms with Gasteiger partial charge in [-0.1, -0.05) is 19.4 Å². The Morgan fingerprint density at radius 3 is 2.77 bits per heavy atom. The molecule has 2 nitrogen and oxygen atoms in total. The summed E-state index contributed by atoms with van der Waals surface area (Å²) in [6, 6.07) is 5.94. The first kappa shape index (κ1) is 10.0. The molecule has 0 N–H and O–H groups in total. The first-order chi connectivity index (χ1) is 6.22. The quantitative estimate of drug-likeness (QED) is 0.709. The Morgan fingerprint density at radius 1 is 1.38 bits per heavy atom. The second-order valence-electron chi connectivity index (χ2n) is 3.38. The standard InChI is InChI=1S/C11H17NO/c1-4-6-10-7-5-8-11(12-10)13-9(2)3/h5,7-9H,4,6H2,1-3H3. The van der Waals surface area contributed by atoms with Crippen molar-refractivity contribution in [2.24, 2.45) is 0 Å². The van der Waals surface area contributed by atoms with Crippen molar-refractivity contribution in [3.05, 3.63) is 23.9 Å². The number of hydrogen-bond donors (Lipinski definition) is 0. The van der Waals surface area contributed by atoms with Crippen LogP contribution in [0.15, 0.2) is 18.2 Å². The zero-order valence-electron chi connectivity index (χ0n) is 8.58. The van der Waals surface area contributed by atoms with Gasteiger partial charge < -0.3 is 4.74 Å². The van der Waals surface area contributed by atoms with Crippen LogP contribution < -0.4 is 4.74 Å². The monoisotopic (exact) mass is 179 g/mol. The first-order valence-electron chi connectivity index (χ1n) is 4.85. The SMILES string of the molecule is CCCc1cccc(OC(C)C)n1. The zero-order valence-corrected chi connectivity index (χ0v) is 8.58. The summed E-state index contributed by atoms with van der Waals surface area (Å²) in [4.78, 5) is 4.38. The van der Waals surface area contributed by atoms with Crippen LogP contribution >= 0.6 is 0 Å². The predicted octanol–water partition coefficient (Wildman–Crippen LogP) is 2.82. The van der Waals surface area contributed by atoms with E-state index in [1.54, 1.807) is 0 Å². The number of pyridine rings is 1. The fourth-order valence-corrected chi connectivity index (χ4v) is 1.16. The summed E-state index contributed by atoms with van der Waals surface area (Å²) in [5, 5.41) is 0. The summed E-state index contributed by atoms with van der Waals surface area (Å²) >= 11 is 0. The van der Waals surface area contributed by atoms with Gasteiger partial charge in [0.15, 0.2) is 0 Å². The van der Waals surface area contributed by atoms with Crippen LogP contribution in [-0.4, -0.2) is 11.1 Å². The maximum Gasteiger partial charge on any atom is 0.213 e. The molecule has 2 heteroatoms. The Balaban J connectivity index is 2.67. The molecule has 0 fully saturated rings. The highest BCUT2D eigenvalue weighted by atomic mass is 16.5. The van der Waals surface area contributed by atoms with Gasteiger partial charge in [0, 0.05) is 11.8 Å². The van der Waals surface area contributed by atoms with E-state index in [1.807, 2.05) is 32.0 Å². The van der Waals surface area contributed by atoms with E-state index in [0.717, 1.165) is 24.4 Å². The maximum absolute atomic E-state index is 5.49. The van der Waals surface area contributed by atoms with Gasteiger partial charge in [0.2, 0.25) is 5.88 Å². The average molecular weight is 179 g/mol. The van der Waals surface area contributed by atoms with Crippen molar-refractivity contribution in [1.82, 2.24) is 4.98 Å². The summed E-state index contributed by atoms with van der Waals surface area (Å²) in [6.07, 6.45) is 2.34. The largest absolute Gasteiger partial charge is 0.475 e. The lowest BCUT2D eigenvalue weighted by molar-refractivity contribution is 0.232. The van der Waals surface area contributed by atoms with Gasteiger partial charge in [-0.3, -0.25) is 0 Å². The van der Waals surface area contributed by atoms with E-state index < -0.39 is 0 Å². The Morgan fingerprint density at radius 2 is 2.15 bits per heavy atom. The van der Waals surface area contributed by atoms with Crippen molar-refractivity contribution in [2.75, 3.05) is 0 Å². The number of ether oxygens (including phenoxy) is 1. The normalized spacial score (nSPS) is 10.5. The molecule has 0 unspecified atom stereocenters. The van der Waals surface area contributed by atoms with Gasteiger partial charge in [-0.2, -0.15) is 0 Å². The van der Waals surface area contributed by atoms with Crippen LogP contribution in [0.3, 0.4) is 0 Å². The minimum atomic E-state index is 0.198. The molecular weight excluding hydrogens is 162 g/mol. The van der Waals surface area contributed by atoms with Crippen molar-refractivity contribution >= 4 is 0 Å². The van der Waals surface area contributed by atoms with Crippen molar-refractivity contribution in [3.63, 3.8) is 0 Å². The first-order valence-corrected chi connectivity index (χ1v) is 4.85. The molecule has 0 radical (unpaired) electrons. The van der Waals surface area contributed by atoms with Crippen LogP contribution in [0.1, 0.15) is 32.9 Å². The molecule has 1 heterocycles. The van der Waals surface area contributed by atoms with Gasteiger partial charge >= 0.3 is 0 Å². The van der Waals surface area contributed by atoms with Crippen molar-refractivity contribution in [1.29, 1.82) is 0 Å². The summed E-state index contributed by atoms with van der Waals surface area (Å²) in [6.45, 7) is 6.17. The van der Waals surface area contributed by atoms with Crippen LogP contribution in [0.5, 0.6) is 5.88 Å². The van der Waals surface area contributed by atoms with E-state index in [4.69, 9.17) is 4.74 Å². The van der Waals surface area contributed by atoms with Crippen LogP contribution in [0.4, 0.5) is 0 Å². The second-order valence-corrected chi connectivity index (χ2v) is 3.38. The van der Waals surface area contributed by atoms with Crippen molar-refractivity contribution in [3.8, 4) is 5.88 Å². The van der Waals surface area contributed by atoms with E-state index in [1.165, 1.54) is 0 Å². The Hall–Kier alpha value is -1.05. The molecule has 72 valence electrons. The molecule has 0 aliphatic rings. The van der Waals surface area contributed by atoms with Gasteiger partial charge in [0.05, 0.1) is 6.10 Å². The summed E-state index contributed by atoms with van der Waals surface area (Å²) < 4.78 is 5.49. The molecule has 0 aliphatic heterocycles. The smallest absolute Gasteiger partial charge is 0.213 e. The van der Waals surface area contributed by atoms with Crippen LogP contribution in [0.2, 0.25) is 0 Å². The summed E-state index contributed by atoms with van der Waals surface area (Å²) in [5.41, 5.74) is 1.11. The highest BCUT2D eigenvalue weighted by molar-refractivity contribution is 5.15. The van der Waals surface area contributed by atoms with Crippen molar-refractivity contribution < 1.29 is 4.74 Å². The molecule has 1 aromatic rings. The highest BCUT2D eigenvalue weighted by Gasteiger charge is 1.99. The maximum atomic E-state index is 5.49. The minimum Gasteiger partial charge on any atom is -0.475 e. The average Bonchev–Trinajstić information content (AvgIpc) is 2.04. The topological polar surface area (TPSA) is 22.1 Å². The van der Waals surface area contributed by atoms with Gasteiger partial charge in [0.25, 0.3) is 0 Å². The van der Waals surface area contributed by atoms with E-state index in [-0.39, 0.29) is 6.10 Å². The molecule has 0 aromatic carbocycles. The lowest BCUT2D eigenvalue weighted by Crippen LogP contribution is -2.07. The van der Waals surface area contributed by atoms with Gasteiger partial charge in [-0.15, -0.1) is 0 Å². The lowest BCUT2D eigenvalue weighted by atomic mass is 10.2. The summed E-state index contributed by atoms with van der Waals surface area (Å²) in [7, 11) is 0. The van der Waals surface area contributed by atoms with Crippen LogP contribution in [-0.2, 0) is 6.42 Å². The third-order valence-electron chi connectivity index (χ3n) is 1.64. The van der Waals surface area contributed by atoms with Gasteiger partial charge in [0.1, 0.15) is 0 Å².